The van der Waals surface area contributed by atoms with Gasteiger partial charge in [-0.2, -0.15) is 0 Å². The number of ether oxygens (including phenoxy) is 2. The van der Waals surface area contributed by atoms with E-state index in [1.165, 1.54) is 18.4 Å². The zero-order valence-electron chi connectivity index (χ0n) is 13.7. The molecule has 0 amide bonds. The number of carbonyl (C=O) groups is 1. The fraction of sp³-hybridized carbons (Fsp3) is 0.222. The molecule has 0 fully saturated rings. The summed E-state index contributed by atoms with van der Waals surface area (Å²) in [6, 6.07) is 9.58. The number of methoxy groups -OCH3 is 1. The number of hydrogen-bond acceptors (Lipinski definition) is 5. The average molecular weight is 422 g/mol. The van der Waals surface area contributed by atoms with Crippen LogP contribution in [0, 0.1) is 0 Å². The lowest BCUT2D eigenvalue weighted by Crippen LogP contribution is -2.25. The largest absolute Gasteiger partial charge is 0.490 e. The zero-order valence-corrected chi connectivity index (χ0v) is 16.1. The Kier molecular flexibility index (Phi) is 5.24. The first-order valence-electron chi connectivity index (χ1n) is 7.66. The molecule has 3 rings (SSSR count). The monoisotopic (exact) mass is 421 g/mol. The SMILES string of the molecule is CCOC(=O)c1c(OC)c(=O)n(Cc2cccc(Br)c2)c2ccsc12. The number of fused-ring (bicyclic) bond motifs is 1. The Bertz CT molecular complexity index is 992. The smallest absolute Gasteiger partial charge is 0.343 e. The Morgan fingerprint density at radius 1 is 1.32 bits per heavy atom. The molecule has 130 valence electrons. The molecule has 2 aromatic heterocycles. The Labute approximate surface area is 156 Å². The highest BCUT2D eigenvalue weighted by atomic mass is 79.9. The van der Waals surface area contributed by atoms with Gasteiger partial charge < -0.3 is 9.47 Å². The van der Waals surface area contributed by atoms with Crippen molar-refractivity contribution in [3.05, 3.63) is 61.7 Å². The van der Waals surface area contributed by atoms with E-state index in [1.54, 1.807) is 11.5 Å². The molecular formula is C18H16BrNO4S. The molecule has 0 radical (unpaired) electrons. The van der Waals surface area contributed by atoms with Crippen LogP contribution in [-0.4, -0.2) is 24.3 Å². The molecule has 1 aromatic carbocycles. The summed E-state index contributed by atoms with van der Waals surface area (Å²) in [5.74, 6) is -0.526. The molecule has 0 aliphatic carbocycles. The second-order valence-corrected chi connectivity index (χ2v) is 7.12. The van der Waals surface area contributed by atoms with Crippen molar-refractivity contribution >= 4 is 43.5 Å². The summed E-state index contributed by atoms with van der Waals surface area (Å²) in [4.78, 5) is 25.3. The van der Waals surface area contributed by atoms with Crippen molar-refractivity contribution in [2.75, 3.05) is 13.7 Å². The number of aromatic nitrogens is 1. The van der Waals surface area contributed by atoms with Gasteiger partial charge in [0, 0.05) is 4.47 Å². The Morgan fingerprint density at radius 2 is 2.12 bits per heavy atom. The minimum Gasteiger partial charge on any atom is -0.490 e. The maximum atomic E-state index is 13.0. The maximum Gasteiger partial charge on any atom is 0.343 e. The van der Waals surface area contributed by atoms with Crippen molar-refractivity contribution in [1.29, 1.82) is 0 Å². The highest BCUT2D eigenvalue weighted by Crippen LogP contribution is 2.30. The summed E-state index contributed by atoms with van der Waals surface area (Å²) in [5, 5.41) is 1.85. The average Bonchev–Trinajstić information content (AvgIpc) is 3.06. The van der Waals surface area contributed by atoms with E-state index in [9.17, 15) is 9.59 Å². The lowest BCUT2D eigenvalue weighted by Gasteiger charge is -2.14. The third-order valence-electron chi connectivity index (χ3n) is 3.74. The Hall–Kier alpha value is -2.12. The minimum atomic E-state index is -0.543. The van der Waals surface area contributed by atoms with Crippen LogP contribution in [0.2, 0.25) is 0 Å². The second kappa shape index (κ2) is 7.41. The number of benzene rings is 1. The van der Waals surface area contributed by atoms with Gasteiger partial charge in [0.2, 0.25) is 5.75 Å². The van der Waals surface area contributed by atoms with Crippen LogP contribution in [-0.2, 0) is 11.3 Å². The standard InChI is InChI=1S/C18H16BrNO4S/c1-3-24-18(22)14-15(23-2)17(21)20(13-7-8-25-16(13)14)10-11-5-4-6-12(19)9-11/h4-9H,3,10H2,1-2H3. The molecule has 0 saturated carbocycles. The van der Waals surface area contributed by atoms with E-state index in [4.69, 9.17) is 9.47 Å². The van der Waals surface area contributed by atoms with Gasteiger partial charge in [-0.25, -0.2) is 4.79 Å². The van der Waals surface area contributed by atoms with E-state index in [2.05, 4.69) is 15.9 Å². The van der Waals surface area contributed by atoms with E-state index in [0.29, 0.717) is 16.8 Å². The molecule has 5 nitrogen and oxygen atoms in total. The summed E-state index contributed by atoms with van der Waals surface area (Å²) in [6.07, 6.45) is 0. The van der Waals surface area contributed by atoms with Crippen molar-refractivity contribution in [2.24, 2.45) is 0 Å². The van der Waals surface area contributed by atoms with Gasteiger partial charge in [0.15, 0.2) is 0 Å². The normalized spacial score (nSPS) is 10.8. The van der Waals surface area contributed by atoms with Crippen LogP contribution in [0.1, 0.15) is 22.8 Å². The molecule has 0 spiro atoms. The number of carbonyl (C=O) groups excluding carboxylic acids is 1. The van der Waals surface area contributed by atoms with Crippen LogP contribution >= 0.6 is 27.3 Å². The first-order valence-corrected chi connectivity index (χ1v) is 9.33. The van der Waals surface area contributed by atoms with Gasteiger partial charge in [0.1, 0.15) is 5.56 Å². The molecule has 7 heteroatoms. The number of halogens is 1. The summed E-state index contributed by atoms with van der Waals surface area (Å²) >= 11 is 4.83. The molecule has 2 heterocycles. The Balaban J connectivity index is 2.22. The quantitative estimate of drug-likeness (QED) is 0.582. The van der Waals surface area contributed by atoms with Crippen molar-refractivity contribution in [1.82, 2.24) is 4.57 Å². The zero-order chi connectivity index (χ0) is 18.0. The fourth-order valence-electron chi connectivity index (χ4n) is 2.70. The van der Waals surface area contributed by atoms with Crippen molar-refractivity contribution in [3.63, 3.8) is 0 Å². The molecule has 0 N–H and O–H groups in total. The van der Waals surface area contributed by atoms with E-state index < -0.39 is 5.97 Å². The van der Waals surface area contributed by atoms with Gasteiger partial charge in [-0.1, -0.05) is 28.1 Å². The lowest BCUT2D eigenvalue weighted by molar-refractivity contribution is 0.0525. The van der Waals surface area contributed by atoms with Crippen LogP contribution in [0.5, 0.6) is 5.75 Å². The summed E-state index contributed by atoms with van der Waals surface area (Å²) in [5.41, 5.74) is 1.51. The molecular weight excluding hydrogens is 406 g/mol. The number of esters is 1. The Morgan fingerprint density at radius 3 is 2.80 bits per heavy atom. The number of rotatable bonds is 5. The topological polar surface area (TPSA) is 57.5 Å². The highest BCUT2D eigenvalue weighted by molar-refractivity contribution is 9.10. The first kappa shape index (κ1) is 17.7. The third-order valence-corrected chi connectivity index (χ3v) is 5.16. The second-order valence-electron chi connectivity index (χ2n) is 5.28. The van der Waals surface area contributed by atoms with E-state index >= 15 is 0 Å². The number of hydrogen-bond donors (Lipinski definition) is 0. The predicted molar refractivity (Wildman–Crippen MR) is 102 cm³/mol. The first-order chi connectivity index (χ1) is 12.1. The van der Waals surface area contributed by atoms with Crippen LogP contribution in [0.25, 0.3) is 10.2 Å². The summed E-state index contributed by atoms with van der Waals surface area (Å²) in [7, 11) is 1.39. The van der Waals surface area contributed by atoms with Crippen LogP contribution in [0.4, 0.5) is 0 Å². The van der Waals surface area contributed by atoms with Gasteiger partial charge >= 0.3 is 5.97 Å². The van der Waals surface area contributed by atoms with E-state index in [-0.39, 0.29) is 23.5 Å². The van der Waals surface area contributed by atoms with Crippen molar-refractivity contribution in [2.45, 2.75) is 13.5 Å². The van der Waals surface area contributed by atoms with Crippen molar-refractivity contribution < 1.29 is 14.3 Å². The van der Waals surface area contributed by atoms with E-state index in [0.717, 1.165) is 10.0 Å². The number of pyridine rings is 1. The lowest BCUT2D eigenvalue weighted by atomic mass is 10.2. The maximum absolute atomic E-state index is 13.0. The number of thiophene rings is 1. The molecule has 0 aliphatic heterocycles. The van der Waals surface area contributed by atoms with Gasteiger partial charge in [-0.15, -0.1) is 11.3 Å². The summed E-state index contributed by atoms with van der Waals surface area (Å²) in [6.45, 7) is 2.34. The number of nitrogens with zero attached hydrogens (tertiary/aromatic N) is 1. The van der Waals surface area contributed by atoms with Gasteiger partial charge in [0.05, 0.1) is 30.5 Å². The molecule has 25 heavy (non-hydrogen) atoms. The summed E-state index contributed by atoms with van der Waals surface area (Å²) < 4.78 is 13.6. The van der Waals surface area contributed by atoms with Crippen LogP contribution in [0.3, 0.4) is 0 Å². The van der Waals surface area contributed by atoms with E-state index in [1.807, 2.05) is 35.7 Å². The minimum absolute atomic E-state index is 0.0170. The van der Waals surface area contributed by atoms with Gasteiger partial charge in [-0.3, -0.25) is 9.36 Å². The predicted octanol–water partition coefficient (Wildman–Crippen LogP) is 4.06. The molecule has 0 bridgehead atoms. The molecule has 3 aromatic rings. The van der Waals surface area contributed by atoms with Gasteiger partial charge in [-0.05, 0) is 36.1 Å². The molecule has 0 unspecified atom stereocenters. The third kappa shape index (κ3) is 3.34. The van der Waals surface area contributed by atoms with Crippen molar-refractivity contribution in [3.8, 4) is 5.75 Å². The van der Waals surface area contributed by atoms with Crippen LogP contribution in [0.15, 0.2) is 45.0 Å². The molecule has 0 aliphatic rings. The highest BCUT2D eigenvalue weighted by Gasteiger charge is 2.24. The molecule has 0 atom stereocenters. The van der Waals surface area contributed by atoms with Gasteiger partial charge in [0.25, 0.3) is 5.56 Å². The fourth-order valence-corrected chi connectivity index (χ4v) is 4.07. The molecule has 0 saturated heterocycles. The van der Waals surface area contributed by atoms with Crippen LogP contribution < -0.4 is 10.3 Å².